The van der Waals surface area contributed by atoms with Crippen LogP contribution in [0.2, 0.25) is 0 Å². The Bertz CT molecular complexity index is 1510. The number of rotatable bonds is 5. The standard InChI is InChI=1S/C27H21F3N2O3/c1-15-25(35-27(34)31-24(16-11-12-16)17-5-2-6-18(28)13-17)21-9-4-10-22(30)23(21)26(33)32(15)20-8-3-7-19(29)14-20/h2-10,13-14,16,24H,11-12H2,1H3,(H,31,34)/t24-/m0/s1. The predicted octanol–water partition coefficient (Wildman–Crippen LogP) is 5.96. The van der Waals surface area contributed by atoms with Gasteiger partial charge in [-0.3, -0.25) is 9.36 Å². The molecular weight excluding hydrogens is 457 g/mol. The highest BCUT2D eigenvalue weighted by Crippen LogP contribution is 2.41. The maximum atomic E-state index is 14.8. The smallest absolute Gasteiger partial charge is 0.408 e. The average molecular weight is 478 g/mol. The van der Waals surface area contributed by atoms with E-state index in [1.807, 2.05) is 0 Å². The van der Waals surface area contributed by atoms with Crippen LogP contribution < -0.4 is 15.6 Å². The number of halogens is 3. The molecule has 0 radical (unpaired) electrons. The van der Waals surface area contributed by atoms with E-state index in [4.69, 9.17) is 4.74 Å². The van der Waals surface area contributed by atoms with E-state index in [0.717, 1.165) is 29.5 Å². The van der Waals surface area contributed by atoms with Crippen LogP contribution in [0.25, 0.3) is 16.5 Å². The Balaban J connectivity index is 1.58. The molecule has 0 aliphatic heterocycles. The number of carbonyl (C=O) groups excluding carboxylic acids is 1. The molecule has 0 bridgehead atoms. The number of aromatic nitrogens is 1. The zero-order valence-corrected chi connectivity index (χ0v) is 18.7. The molecule has 4 aromatic rings. The summed E-state index contributed by atoms with van der Waals surface area (Å²) < 4.78 is 49.3. The van der Waals surface area contributed by atoms with E-state index >= 15 is 0 Å². The highest BCUT2D eigenvalue weighted by Gasteiger charge is 2.34. The molecule has 35 heavy (non-hydrogen) atoms. The van der Waals surface area contributed by atoms with E-state index in [1.165, 1.54) is 49.4 Å². The van der Waals surface area contributed by atoms with Crippen molar-refractivity contribution in [3.63, 3.8) is 0 Å². The SMILES string of the molecule is Cc1c(OC(=O)N[C@H](c2cccc(F)c2)C2CC2)c2cccc(F)c2c(=O)n1-c1cccc(F)c1. The van der Waals surface area contributed by atoms with Crippen LogP contribution >= 0.6 is 0 Å². The first-order chi connectivity index (χ1) is 16.8. The molecule has 1 aromatic heterocycles. The molecule has 1 heterocycles. The van der Waals surface area contributed by atoms with Gasteiger partial charge < -0.3 is 10.1 Å². The third-order valence-electron chi connectivity index (χ3n) is 6.17. The van der Waals surface area contributed by atoms with Gasteiger partial charge in [-0.15, -0.1) is 0 Å². The number of amides is 1. The van der Waals surface area contributed by atoms with Crippen LogP contribution in [0.3, 0.4) is 0 Å². The third-order valence-corrected chi connectivity index (χ3v) is 6.17. The molecule has 0 spiro atoms. The number of hydrogen-bond donors (Lipinski definition) is 1. The van der Waals surface area contributed by atoms with Gasteiger partial charge in [0.05, 0.1) is 22.8 Å². The van der Waals surface area contributed by atoms with E-state index in [1.54, 1.807) is 12.1 Å². The van der Waals surface area contributed by atoms with E-state index < -0.39 is 35.1 Å². The maximum absolute atomic E-state index is 14.8. The minimum Gasteiger partial charge on any atom is -0.408 e. The van der Waals surface area contributed by atoms with Gasteiger partial charge in [0.2, 0.25) is 0 Å². The molecule has 1 aliphatic carbocycles. The van der Waals surface area contributed by atoms with Crippen LogP contribution in [0, 0.1) is 30.3 Å². The van der Waals surface area contributed by atoms with Crippen molar-refractivity contribution in [2.45, 2.75) is 25.8 Å². The zero-order chi connectivity index (χ0) is 24.7. The summed E-state index contributed by atoms with van der Waals surface area (Å²) in [5.74, 6) is -1.68. The van der Waals surface area contributed by atoms with Gasteiger partial charge in [0.1, 0.15) is 17.5 Å². The lowest BCUT2D eigenvalue weighted by molar-refractivity contribution is 0.194. The fraction of sp³-hybridized carbons (Fsp3) is 0.185. The van der Waals surface area contributed by atoms with Crippen molar-refractivity contribution in [2.24, 2.45) is 5.92 Å². The quantitative estimate of drug-likeness (QED) is 0.385. The largest absolute Gasteiger partial charge is 0.413 e. The van der Waals surface area contributed by atoms with Gasteiger partial charge >= 0.3 is 6.09 Å². The van der Waals surface area contributed by atoms with Crippen molar-refractivity contribution in [1.82, 2.24) is 9.88 Å². The summed E-state index contributed by atoms with van der Waals surface area (Å²) in [6.07, 6.45) is 0.919. The summed E-state index contributed by atoms with van der Waals surface area (Å²) in [4.78, 5) is 26.2. The maximum Gasteiger partial charge on any atom is 0.413 e. The van der Waals surface area contributed by atoms with Gasteiger partial charge in [-0.1, -0.05) is 30.3 Å². The Morgan fingerprint density at radius 2 is 1.69 bits per heavy atom. The minimum atomic E-state index is -0.829. The van der Waals surface area contributed by atoms with Gasteiger partial charge in [-0.05, 0) is 67.6 Å². The van der Waals surface area contributed by atoms with Crippen LogP contribution in [0.4, 0.5) is 18.0 Å². The van der Waals surface area contributed by atoms with Gasteiger partial charge in [-0.25, -0.2) is 18.0 Å². The van der Waals surface area contributed by atoms with Crippen LogP contribution in [0.15, 0.2) is 71.5 Å². The molecule has 1 amide bonds. The number of benzene rings is 3. The van der Waals surface area contributed by atoms with E-state index in [9.17, 15) is 22.8 Å². The molecule has 1 atom stereocenters. The number of carbonyl (C=O) groups is 1. The Hall–Kier alpha value is -4.07. The van der Waals surface area contributed by atoms with Gasteiger partial charge in [0, 0.05) is 5.39 Å². The fourth-order valence-electron chi connectivity index (χ4n) is 4.40. The predicted molar refractivity (Wildman–Crippen MR) is 125 cm³/mol. The van der Waals surface area contributed by atoms with E-state index in [2.05, 4.69) is 5.32 Å². The van der Waals surface area contributed by atoms with Gasteiger partial charge in [0.15, 0.2) is 5.75 Å². The molecule has 1 aliphatic rings. The summed E-state index contributed by atoms with van der Waals surface area (Å²) in [6.45, 7) is 1.53. The first kappa shape index (κ1) is 22.7. The lowest BCUT2D eigenvalue weighted by Gasteiger charge is -2.21. The third kappa shape index (κ3) is 4.39. The second-order valence-electron chi connectivity index (χ2n) is 8.60. The molecule has 3 aromatic carbocycles. The number of nitrogens with one attached hydrogen (secondary N) is 1. The lowest BCUT2D eigenvalue weighted by atomic mass is 10.0. The van der Waals surface area contributed by atoms with Crippen molar-refractivity contribution in [3.05, 3.63) is 106 Å². The highest BCUT2D eigenvalue weighted by atomic mass is 19.1. The second kappa shape index (κ2) is 8.94. The Kier molecular flexibility index (Phi) is 5.80. The number of fused-ring (bicyclic) bond motifs is 1. The van der Waals surface area contributed by atoms with Gasteiger partial charge in [0.25, 0.3) is 5.56 Å². The molecule has 0 saturated heterocycles. The molecule has 1 N–H and O–H groups in total. The zero-order valence-electron chi connectivity index (χ0n) is 18.7. The number of nitrogens with zero attached hydrogens (tertiary/aromatic N) is 1. The van der Waals surface area contributed by atoms with Crippen molar-refractivity contribution in [3.8, 4) is 11.4 Å². The normalized spacial score (nSPS) is 14.1. The van der Waals surface area contributed by atoms with Crippen LogP contribution in [-0.4, -0.2) is 10.7 Å². The van der Waals surface area contributed by atoms with Gasteiger partial charge in [-0.2, -0.15) is 0 Å². The highest BCUT2D eigenvalue weighted by molar-refractivity contribution is 5.91. The minimum absolute atomic E-state index is 0.0327. The lowest BCUT2D eigenvalue weighted by Crippen LogP contribution is -2.33. The topological polar surface area (TPSA) is 60.3 Å². The Morgan fingerprint density at radius 3 is 2.37 bits per heavy atom. The molecule has 5 nitrogen and oxygen atoms in total. The number of pyridine rings is 1. The summed E-state index contributed by atoms with van der Waals surface area (Å²) in [7, 11) is 0. The monoisotopic (exact) mass is 478 g/mol. The number of ether oxygens (including phenoxy) is 1. The molecule has 5 rings (SSSR count). The first-order valence-corrected chi connectivity index (χ1v) is 11.2. The van der Waals surface area contributed by atoms with Crippen molar-refractivity contribution >= 4 is 16.9 Å². The summed E-state index contributed by atoms with van der Waals surface area (Å²) >= 11 is 0. The summed E-state index contributed by atoms with van der Waals surface area (Å²) in [5, 5.41) is 2.62. The summed E-state index contributed by atoms with van der Waals surface area (Å²) in [6, 6.07) is 14.8. The first-order valence-electron chi connectivity index (χ1n) is 11.2. The Labute approximate surface area is 198 Å². The van der Waals surface area contributed by atoms with Crippen molar-refractivity contribution < 1.29 is 22.7 Å². The fourth-order valence-corrected chi connectivity index (χ4v) is 4.40. The van der Waals surface area contributed by atoms with Crippen LogP contribution in [-0.2, 0) is 0 Å². The van der Waals surface area contributed by atoms with E-state index in [-0.39, 0.29) is 33.8 Å². The van der Waals surface area contributed by atoms with Crippen molar-refractivity contribution in [1.29, 1.82) is 0 Å². The Morgan fingerprint density at radius 1 is 1.00 bits per heavy atom. The molecular formula is C27H21F3N2O3. The molecule has 1 saturated carbocycles. The van der Waals surface area contributed by atoms with E-state index in [0.29, 0.717) is 5.56 Å². The molecule has 8 heteroatoms. The van der Waals surface area contributed by atoms with Crippen molar-refractivity contribution in [2.75, 3.05) is 0 Å². The van der Waals surface area contributed by atoms with Crippen LogP contribution in [0.5, 0.6) is 5.75 Å². The van der Waals surface area contributed by atoms with Crippen LogP contribution in [0.1, 0.15) is 30.1 Å². The molecule has 0 unspecified atom stereocenters. The second-order valence-corrected chi connectivity index (χ2v) is 8.60. The molecule has 178 valence electrons. The number of hydrogen-bond acceptors (Lipinski definition) is 3. The molecule has 1 fully saturated rings. The summed E-state index contributed by atoms with van der Waals surface area (Å²) in [5.41, 5.74) is 0.271. The average Bonchev–Trinajstić information content (AvgIpc) is 3.65.